The van der Waals surface area contributed by atoms with Gasteiger partial charge in [0.1, 0.15) is 0 Å². The third kappa shape index (κ3) is 5.18. The summed E-state index contributed by atoms with van der Waals surface area (Å²) in [6.07, 6.45) is 12.1. The SMILES string of the molecule is CCCCCCC1CC=CC=C(c2ccccc2)N1S(=O)(=O)c1ccc(C)cc1. The van der Waals surface area contributed by atoms with E-state index in [4.69, 9.17) is 0 Å². The lowest BCUT2D eigenvalue weighted by atomic mass is 10.0. The van der Waals surface area contributed by atoms with E-state index in [0.717, 1.165) is 42.5 Å². The zero-order chi connectivity index (χ0) is 20.7. The predicted octanol–water partition coefficient (Wildman–Crippen LogP) is 6.33. The number of rotatable bonds is 8. The highest BCUT2D eigenvalue weighted by Gasteiger charge is 2.33. The van der Waals surface area contributed by atoms with Crippen LogP contribution in [0.15, 0.2) is 77.7 Å². The first-order valence-corrected chi connectivity index (χ1v) is 12.0. The summed E-state index contributed by atoms with van der Waals surface area (Å²) in [4.78, 5) is 0.352. The number of aryl methyl sites for hydroxylation is 1. The zero-order valence-corrected chi connectivity index (χ0v) is 18.2. The molecule has 4 heteroatoms. The van der Waals surface area contributed by atoms with Crippen molar-refractivity contribution in [2.24, 2.45) is 0 Å². The molecule has 3 nitrogen and oxygen atoms in total. The number of benzene rings is 2. The number of sulfonamides is 1. The molecule has 0 N–H and O–H groups in total. The van der Waals surface area contributed by atoms with Crippen LogP contribution in [-0.2, 0) is 10.0 Å². The molecule has 0 saturated heterocycles. The monoisotopic (exact) mass is 409 g/mol. The molecule has 0 saturated carbocycles. The standard InChI is InChI=1S/C25H31NO2S/c1-3-4-5-9-14-23-15-10-11-16-25(22-12-7-6-8-13-22)26(23)29(27,28)24-19-17-21(2)18-20-24/h6-8,10-13,16-20,23H,3-5,9,14-15H2,1-2H3. The highest BCUT2D eigenvalue weighted by Crippen LogP contribution is 2.34. The number of hydrogen-bond acceptors (Lipinski definition) is 2. The van der Waals surface area contributed by atoms with Crippen molar-refractivity contribution in [2.45, 2.75) is 63.3 Å². The Kier molecular flexibility index (Phi) is 7.32. The first kappa shape index (κ1) is 21.4. The molecular formula is C25H31NO2S. The second kappa shape index (κ2) is 9.93. The Morgan fingerprint density at radius 3 is 2.38 bits per heavy atom. The summed E-state index contributed by atoms with van der Waals surface area (Å²) in [5.74, 6) is 0. The van der Waals surface area contributed by atoms with Crippen molar-refractivity contribution in [1.82, 2.24) is 4.31 Å². The number of unbranched alkanes of at least 4 members (excludes halogenated alkanes) is 3. The number of allylic oxidation sites excluding steroid dienone is 2. The second-order valence-electron chi connectivity index (χ2n) is 7.70. The molecule has 2 aromatic carbocycles. The van der Waals surface area contributed by atoms with E-state index in [-0.39, 0.29) is 6.04 Å². The van der Waals surface area contributed by atoms with Crippen LogP contribution in [0.3, 0.4) is 0 Å². The van der Waals surface area contributed by atoms with Gasteiger partial charge in [-0.05, 0) is 43.5 Å². The molecule has 0 spiro atoms. The minimum absolute atomic E-state index is 0.0802. The fraction of sp³-hybridized carbons (Fsp3) is 0.360. The van der Waals surface area contributed by atoms with Gasteiger partial charge in [-0.1, -0.05) is 92.8 Å². The van der Waals surface area contributed by atoms with E-state index < -0.39 is 10.0 Å². The lowest BCUT2D eigenvalue weighted by Crippen LogP contribution is -2.38. The van der Waals surface area contributed by atoms with Crippen molar-refractivity contribution in [2.75, 3.05) is 0 Å². The van der Waals surface area contributed by atoms with Crippen LogP contribution in [0.1, 0.15) is 56.6 Å². The lowest BCUT2D eigenvalue weighted by Gasteiger charge is -2.34. The van der Waals surface area contributed by atoms with Crippen LogP contribution in [0.25, 0.3) is 5.70 Å². The Morgan fingerprint density at radius 1 is 0.966 bits per heavy atom. The molecule has 0 amide bonds. The normalized spacial score (nSPS) is 17.1. The second-order valence-corrected chi connectivity index (χ2v) is 9.51. The van der Waals surface area contributed by atoms with Gasteiger partial charge in [0.25, 0.3) is 10.0 Å². The van der Waals surface area contributed by atoms with Gasteiger partial charge in [-0.15, -0.1) is 0 Å². The molecule has 3 rings (SSSR count). The van der Waals surface area contributed by atoms with Crippen molar-refractivity contribution >= 4 is 15.7 Å². The third-order valence-electron chi connectivity index (χ3n) is 5.41. The Morgan fingerprint density at radius 2 is 1.69 bits per heavy atom. The third-order valence-corrected chi connectivity index (χ3v) is 7.29. The Hall–Kier alpha value is -2.33. The Labute approximate surface area is 175 Å². The molecule has 1 unspecified atom stereocenters. The van der Waals surface area contributed by atoms with Gasteiger partial charge < -0.3 is 0 Å². The topological polar surface area (TPSA) is 37.4 Å². The van der Waals surface area contributed by atoms with E-state index in [1.54, 1.807) is 16.4 Å². The molecule has 1 aliphatic heterocycles. The van der Waals surface area contributed by atoms with Crippen molar-refractivity contribution in [3.8, 4) is 0 Å². The van der Waals surface area contributed by atoms with E-state index >= 15 is 0 Å². The molecule has 0 bridgehead atoms. The fourth-order valence-corrected chi connectivity index (χ4v) is 5.50. The van der Waals surface area contributed by atoms with Crippen LogP contribution in [0.2, 0.25) is 0 Å². The highest BCUT2D eigenvalue weighted by atomic mass is 32.2. The van der Waals surface area contributed by atoms with Crippen molar-refractivity contribution in [3.05, 3.63) is 84.0 Å². The van der Waals surface area contributed by atoms with Gasteiger partial charge in [0.05, 0.1) is 10.6 Å². The lowest BCUT2D eigenvalue weighted by molar-refractivity contribution is 0.380. The van der Waals surface area contributed by atoms with E-state index in [1.165, 1.54) is 12.8 Å². The number of hydrogen-bond donors (Lipinski definition) is 0. The smallest absolute Gasteiger partial charge is 0.262 e. The van der Waals surface area contributed by atoms with Gasteiger partial charge in [0, 0.05) is 6.04 Å². The molecule has 0 aromatic heterocycles. The first-order chi connectivity index (χ1) is 14.0. The van der Waals surface area contributed by atoms with Crippen LogP contribution in [-0.4, -0.2) is 18.8 Å². The first-order valence-electron chi connectivity index (χ1n) is 10.6. The molecule has 1 heterocycles. The molecule has 0 aliphatic carbocycles. The molecule has 154 valence electrons. The molecule has 29 heavy (non-hydrogen) atoms. The number of nitrogens with zero attached hydrogens (tertiary/aromatic N) is 1. The average Bonchev–Trinajstić information content (AvgIpc) is 2.95. The summed E-state index contributed by atoms with van der Waals surface area (Å²) < 4.78 is 29.3. The van der Waals surface area contributed by atoms with E-state index in [2.05, 4.69) is 13.0 Å². The van der Waals surface area contributed by atoms with Crippen LogP contribution >= 0.6 is 0 Å². The molecule has 0 fully saturated rings. The van der Waals surface area contributed by atoms with Gasteiger partial charge in [-0.2, -0.15) is 0 Å². The van der Waals surface area contributed by atoms with Crippen molar-refractivity contribution < 1.29 is 8.42 Å². The van der Waals surface area contributed by atoms with Crippen LogP contribution in [0.4, 0.5) is 0 Å². The van der Waals surface area contributed by atoms with E-state index in [1.807, 2.05) is 61.5 Å². The Bertz CT molecular complexity index is 944. The van der Waals surface area contributed by atoms with Crippen molar-refractivity contribution in [1.29, 1.82) is 0 Å². The summed E-state index contributed by atoms with van der Waals surface area (Å²) in [7, 11) is -3.67. The average molecular weight is 410 g/mol. The van der Waals surface area contributed by atoms with Gasteiger partial charge >= 0.3 is 0 Å². The molecule has 1 atom stereocenters. The Balaban J connectivity index is 2.03. The van der Waals surface area contributed by atoms with Gasteiger partial charge in [-0.3, -0.25) is 4.31 Å². The largest absolute Gasteiger partial charge is 0.264 e. The zero-order valence-electron chi connectivity index (χ0n) is 17.4. The molecule has 2 aromatic rings. The van der Waals surface area contributed by atoms with Gasteiger partial charge in [-0.25, -0.2) is 8.42 Å². The summed E-state index contributed by atoms with van der Waals surface area (Å²) in [5, 5.41) is 0. The predicted molar refractivity (Wildman–Crippen MR) is 121 cm³/mol. The summed E-state index contributed by atoms with van der Waals surface area (Å²) >= 11 is 0. The molecule has 0 radical (unpaired) electrons. The van der Waals surface area contributed by atoms with Crippen molar-refractivity contribution in [3.63, 3.8) is 0 Å². The fourth-order valence-electron chi connectivity index (χ4n) is 3.78. The maximum Gasteiger partial charge on any atom is 0.264 e. The quantitative estimate of drug-likeness (QED) is 0.478. The summed E-state index contributed by atoms with van der Waals surface area (Å²) in [5.41, 5.74) is 2.73. The molecule has 1 aliphatic rings. The minimum atomic E-state index is -3.67. The maximum atomic E-state index is 13.8. The van der Waals surface area contributed by atoms with Crippen LogP contribution < -0.4 is 0 Å². The highest BCUT2D eigenvalue weighted by molar-refractivity contribution is 7.89. The maximum absolute atomic E-state index is 13.8. The summed E-state index contributed by atoms with van der Waals surface area (Å²) in [6, 6.07) is 16.9. The van der Waals surface area contributed by atoms with E-state index in [9.17, 15) is 8.42 Å². The van der Waals surface area contributed by atoms with Crippen LogP contribution in [0, 0.1) is 6.92 Å². The van der Waals surface area contributed by atoms with Crippen LogP contribution in [0.5, 0.6) is 0 Å². The van der Waals surface area contributed by atoms with Gasteiger partial charge in [0.15, 0.2) is 0 Å². The van der Waals surface area contributed by atoms with Gasteiger partial charge in [0.2, 0.25) is 0 Å². The molecular weight excluding hydrogens is 378 g/mol. The summed E-state index contributed by atoms with van der Waals surface area (Å²) in [6.45, 7) is 4.16. The van der Waals surface area contributed by atoms with E-state index in [0.29, 0.717) is 4.90 Å². The minimum Gasteiger partial charge on any atom is -0.262 e.